The average Bonchev–Trinajstić information content (AvgIpc) is 3.42. The Balaban J connectivity index is 1.31. The number of benzene rings is 7. The van der Waals surface area contributed by atoms with E-state index in [9.17, 15) is 0 Å². The molecule has 0 N–H and O–H groups in total. The Kier molecular flexibility index (Phi) is 4.64. The van der Waals surface area contributed by atoms with E-state index in [4.69, 9.17) is 9.40 Å². The molecule has 9 rings (SSSR count). The number of pyridine rings is 1. The normalized spacial score (nSPS) is 11.9. The average molecular weight is 522 g/mol. The Bertz CT molecular complexity index is 2480. The smallest absolute Gasteiger partial charge is 0.136 e. The van der Waals surface area contributed by atoms with E-state index in [0.29, 0.717) is 0 Å². The van der Waals surface area contributed by atoms with Crippen LogP contribution in [0.3, 0.4) is 0 Å². The zero-order valence-corrected chi connectivity index (χ0v) is 22.1. The molecule has 2 nitrogen and oxygen atoms in total. The fraction of sp³-hybridized carbons (Fsp3) is 0. The maximum Gasteiger partial charge on any atom is 0.136 e. The highest BCUT2D eigenvalue weighted by molar-refractivity contribution is 6.20. The second kappa shape index (κ2) is 8.51. The molecule has 0 fully saturated rings. The summed E-state index contributed by atoms with van der Waals surface area (Å²) in [5.41, 5.74) is 7.51. The largest absolute Gasteiger partial charge is 0.456 e. The van der Waals surface area contributed by atoms with Crippen molar-refractivity contribution in [3.63, 3.8) is 0 Å². The van der Waals surface area contributed by atoms with Crippen molar-refractivity contribution in [1.29, 1.82) is 0 Å². The zero-order chi connectivity index (χ0) is 26.9. The van der Waals surface area contributed by atoms with Crippen LogP contribution in [0, 0.1) is 0 Å². The van der Waals surface area contributed by atoms with Crippen LogP contribution in [-0.2, 0) is 0 Å². The van der Waals surface area contributed by atoms with Gasteiger partial charge in [0, 0.05) is 27.7 Å². The summed E-state index contributed by atoms with van der Waals surface area (Å²) >= 11 is 0. The summed E-state index contributed by atoms with van der Waals surface area (Å²) in [6.07, 6.45) is 1.88. The van der Waals surface area contributed by atoms with Crippen LogP contribution in [0.25, 0.3) is 87.4 Å². The molecule has 0 saturated heterocycles. The van der Waals surface area contributed by atoms with E-state index in [1.54, 1.807) is 0 Å². The quantitative estimate of drug-likeness (QED) is 0.211. The lowest BCUT2D eigenvalue weighted by molar-refractivity contribution is 0.669. The fourth-order valence-corrected chi connectivity index (χ4v) is 6.55. The molecule has 41 heavy (non-hydrogen) atoms. The van der Waals surface area contributed by atoms with Gasteiger partial charge >= 0.3 is 0 Å². The summed E-state index contributed by atoms with van der Waals surface area (Å²) in [4.78, 5) is 4.80. The number of furan rings is 1. The lowest BCUT2D eigenvalue weighted by atomic mass is 9.92. The number of rotatable bonds is 2. The lowest BCUT2D eigenvalue weighted by Crippen LogP contribution is -1.87. The maximum absolute atomic E-state index is 6.42. The van der Waals surface area contributed by atoms with Crippen molar-refractivity contribution < 1.29 is 4.42 Å². The number of fused-ring (bicyclic) bond motifs is 9. The molecule has 0 aliphatic carbocycles. The first-order valence-electron chi connectivity index (χ1n) is 14.0. The van der Waals surface area contributed by atoms with E-state index in [0.717, 1.165) is 38.4 Å². The van der Waals surface area contributed by atoms with Gasteiger partial charge in [0.15, 0.2) is 0 Å². The molecular formula is C39H23NO. The van der Waals surface area contributed by atoms with Crippen molar-refractivity contribution in [2.75, 3.05) is 0 Å². The SMILES string of the molecule is c1ccc2c(c1)ccc1ccc(-c3ccc4oc5cccc(-c6cccc7ccc8cccnc8c67)c5c4c3)cc12. The van der Waals surface area contributed by atoms with Gasteiger partial charge in [-0.3, -0.25) is 4.98 Å². The molecule has 0 aliphatic rings. The maximum atomic E-state index is 6.42. The molecule has 2 heterocycles. The minimum absolute atomic E-state index is 0.893. The number of hydrogen-bond donors (Lipinski definition) is 0. The summed E-state index contributed by atoms with van der Waals surface area (Å²) in [6, 6.07) is 47.7. The van der Waals surface area contributed by atoms with Crippen LogP contribution < -0.4 is 0 Å². The standard InChI is InChI=1S/C39H23NO/c1-2-9-30-24(6-1)13-14-25-15-18-28(22-33(25)30)29-19-20-35-34(23-29)38-32(11-4-12-36(38)41-35)31-10-3-7-26-16-17-27-8-5-21-40-39(27)37(26)31/h1-23H. The molecular weight excluding hydrogens is 498 g/mol. The molecule has 0 spiro atoms. The van der Waals surface area contributed by atoms with Gasteiger partial charge in [-0.25, -0.2) is 0 Å². The van der Waals surface area contributed by atoms with Crippen LogP contribution in [0.4, 0.5) is 0 Å². The van der Waals surface area contributed by atoms with Gasteiger partial charge in [-0.15, -0.1) is 0 Å². The topological polar surface area (TPSA) is 26.0 Å². The van der Waals surface area contributed by atoms with Gasteiger partial charge in [-0.05, 0) is 79.5 Å². The van der Waals surface area contributed by atoms with E-state index in [1.165, 1.54) is 49.0 Å². The van der Waals surface area contributed by atoms with Crippen molar-refractivity contribution >= 4 is 65.2 Å². The second-order valence-corrected chi connectivity index (χ2v) is 10.8. The third-order valence-corrected chi connectivity index (χ3v) is 8.48. The zero-order valence-electron chi connectivity index (χ0n) is 22.1. The van der Waals surface area contributed by atoms with Gasteiger partial charge in [0.2, 0.25) is 0 Å². The van der Waals surface area contributed by atoms with Crippen molar-refractivity contribution in [2.24, 2.45) is 0 Å². The summed E-state index contributed by atoms with van der Waals surface area (Å²) in [5.74, 6) is 0. The van der Waals surface area contributed by atoms with Gasteiger partial charge in [0.05, 0.1) is 5.52 Å². The molecule has 0 aliphatic heterocycles. The highest BCUT2D eigenvalue weighted by Crippen LogP contribution is 2.42. The Hall–Kier alpha value is -5.47. The summed E-state index contributed by atoms with van der Waals surface area (Å²) in [6.45, 7) is 0. The molecule has 0 unspecified atom stereocenters. The molecule has 0 atom stereocenters. The molecule has 0 amide bonds. The minimum atomic E-state index is 0.893. The second-order valence-electron chi connectivity index (χ2n) is 10.8. The molecule has 2 heteroatoms. The fourth-order valence-electron chi connectivity index (χ4n) is 6.55. The Labute approximate surface area is 236 Å². The predicted molar refractivity (Wildman–Crippen MR) is 172 cm³/mol. The third kappa shape index (κ3) is 3.34. The Morgan fingerprint density at radius 2 is 1.07 bits per heavy atom. The highest BCUT2D eigenvalue weighted by Gasteiger charge is 2.17. The molecule has 0 radical (unpaired) electrons. The van der Waals surface area contributed by atoms with Gasteiger partial charge in [0.25, 0.3) is 0 Å². The first kappa shape index (κ1) is 22.4. The Morgan fingerprint density at radius 1 is 0.415 bits per heavy atom. The first-order chi connectivity index (χ1) is 20.3. The van der Waals surface area contributed by atoms with Crippen molar-refractivity contribution in [3.8, 4) is 22.3 Å². The molecule has 2 aromatic heterocycles. The monoisotopic (exact) mass is 521 g/mol. The van der Waals surface area contributed by atoms with E-state index >= 15 is 0 Å². The Morgan fingerprint density at radius 3 is 2.00 bits per heavy atom. The number of aromatic nitrogens is 1. The molecule has 0 saturated carbocycles. The first-order valence-corrected chi connectivity index (χ1v) is 14.0. The number of hydrogen-bond acceptors (Lipinski definition) is 2. The van der Waals surface area contributed by atoms with Crippen LogP contribution in [-0.4, -0.2) is 4.98 Å². The van der Waals surface area contributed by atoms with Gasteiger partial charge in [0.1, 0.15) is 11.2 Å². The highest BCUT2D eigenvalue weighted by atomic mass is 16.3. The predicted octanol–water partition coefficient (Wildman–Crippen LogP) is 10.9. The van der Waals surface area contributed by atoms with Crippen molar-refractivity contribution in [3.05, 3.63) is 140 Å². The van der Waals surface area contributed by atoms with E-state index in [1.807, 2.05) is 12.3 Å². The van der Waals surface area contributed by atoms with Gasteiger partial charge in [-0.2, -0.15) is 0 Å². The molecule has 190 valence electrons. The lowest BCUT2D eigenvalue weighted by Gasteiger charge is -2.11. The molecule has 9 aromatic rings. The van der Waals surface area contributed by atoms with Crippen molar-refractivity contribution in [2.45, 2.75) is 0 Å². The van der Waals surface area contributed by atoms with Crippen LogP contribution >= 0.6 is 0 Å². The van der Waals surface area contributed by atoms with Crippen LogP contribution in [0.5, 0.6) is 0 Å². The summed E-state index contributed by atoms with van der Waals surface area (Å²) < 4.78 is 6.42. The van der Waals surface area contributed by atoms with Crippen LogP contribution in [0.15, 0.2) is 144 Å². The van der Waals surface area contributed by atoms with E-state index < -0.39 is 0 Å². The number of nitrogens with zero attached hydrogens (tertiary/aromatic N) is 1. The summed E-state index contributed by atoms with van der Waals surface area (Å²) in [7, 11) is 0. The van der Waals surface area contributed by atoms with E-state index in [-0.39, 0.29) is 0 Å². The van der Waals surface area contributed by atoms with Crippen molar-refractivity contribution in [1.82, 2.24) is 4.98 Å². The molecule has 0 bridgehead atoms. The van der Waals surface area contributed by atoms with Gasteiger partial charge in [-0.1, -0.05) is 103 Å². The van der Waals surface area contributed by atoms with E-state index in [2.05, 4.69) is 127 Å². The van der Waals surface area contributed by atoms with Crippen LogP contribution in [0.2, 0.25) is 0 Å². The third-order valence-electron chi connectivity index (χ3n) is 8.48. The minimum Gasteiger partial charge on any atom is -0.456 e. The summed E-state index contributed by atoms with van der Waals surface area (Å²) in [5, 5.41) is 10.8. The molecule has 7 aromatic carbocycles. The van der Waals surface area contributed by atoms with Crippen LogP contribution in [0.1, 0.15) is 0 Å². The van der Waals surface area contributed by atoms with Gasteiger partial charge < -0.3 is 4.42 Å².